The van der Waals surface area contributed by atoms with Crippen LogP contribution in [0.15, 0.2) is 152 Å². The minimum Gasteiger partial charge on any atom is -0.0619 e. The SMILES string of the molecule is CC(C)(C)c1cc2ccc3ccc(-c4c5c(c(-c6ccc7c(c6)C(C)(C)c6ccccc6-7)c6ccccc46)-c4cccc6cccc-5c46)c4ccc(c1)c2c34. The molecular formula is C55H40. The molecule has 2 aliphatic rings. The lowest BCUT2D eigenvalue weighted by Crippen LogP contribution is -2.14. The Labute approximate surface area is 322 Å². The van der Waals surface area contributed by atoms with E-state index in [9.17, 15) is 0 Å². The zero-order valence-corrected chi connectivity index (χ0v) is 31.9. The minimum atomic E-state index is -0.0841. The van der Waals surface area contributed by atoms with E-state index in [1.54, 1.807) is 0 Å². The standard InChI is InChI=1S/C55H40/c1-54(2,3)36-28-33-21-20-32-22-26-42(41-27-24-34(29-36)47(33)49(32)41)51-40-16-7-6-15-39(40)50(52-43-17-10-12-31-13-11-18-44(48(31)43)53(51)52)35-23-25-38-37-14-8-9-19-45(37)55(4,5)46(38)30-35/h6-30H,1-5H3. The number of fused-ring (bicyclic) bond motifs is 7. The molecule has 55 heavy (non-hydrogen) atoms. The molecular weight excluding hydrogens is 661 g/mol. The van der Waals surface area contributed by atoms with Gasteiger partial charge in [-0.25, -0.2) is 0 Å². The lowest BCUT2D eigenvalue weighted by Gasteiger charge is -2.24. The van der Waals surface area contributed by atoms with Crippen molar-refractivity contribution in [2.75, 3.05) is 0 Å². The molecule has 0 saturated heterocycles. The largest absolute Gasteiger partial charge is 0.0619 e. The van der Waals surface area contributed by atoms with Crippen molar-refractivity contribution in [1.82, 2.24) is 0 Å². The van der Waals surface area contributed by atoms with Gasteiger partial charge in [0.05, 0.1) is 0 Å². The molecule has 0 heterocycles. The molecule has 260 valence electrons. The highest BCUT2D eigenvalue weighted by Gasteiger charge is 2.37. The third kappa shape index (κ3) is 4.02. The highest BCUT2D eigenvalue weighted by atomic mass is 14.4. The summed E-state index contributed by atoms with van der Waals surface area (Å²) in [6.45, 7) is 11.7. The molecule has 10 aromatic rings. The first-order valence-corrected chi connectivity index (χ1v) is 19.8. The van der Waals surface area contributed by atoms with Crippen LogP contribution in [0.3, 0.4) is 0 Å². The van der Waals surface area contributed by atoms with E-state index in [0.29, 0.717) is 0 Å². The van der Waals surface area contributed by atoms with Crippen LogP contribution >= 0.6 is 0 Å². The van der Waals surface area contributed by atoms with Crippen molar-refractivity contribution in [2.45, 2.75) is 45.4 Å². The van der Waals surface area contributed by atoms with Crippen molar-refractivity contribution >= 4 is 53.9 Å². The van der Waals surface area contributed by atoms with E-state index in [-0.39, 0.29) is 10.8 Å². The molecule has 0 bridgehead atoms. The summed E-state index contributed by atoms with van der Waals surface area (Å²) < 4.78 is 0. The molecule has 10 aromatic carbocycles. The summed E-state index contributed by atoms with van der Waals surface area (Å²) in [4.78, 5) is 0. The van der Waals surface area contributed by atoms with Gasteiger partial charge in [-0.05, 0) is 138 Å². The zero-order valence-electron chi connectivity index (χ0n) is 31.9. The molecule has 0 N–H and O–H groups in total. The maximum atomic E-state index is 2.52. The number of hydrogen-bond acceptors (Lipinski definition) is 0. The fourth-order valence-corrected chi connectivity index (χ4v) is 10.6. The van der Waals surface area contributed by atoms with Crippen LogP contribution in [-0.4, -0.2) is 0 Å². The Morgan fingerprint density at radius 2 is 0.927 bits per heavy atom. The van der Waals surface area contributed by atoms with Crippen LogP contribution < -0.4 is 0 Å². The lowest BCUT2D eigenvalue weighted by atomic mass is 9.78. The molecule has 0 fully saturated rings. The van der Waals surface area contributed by atoms with Crippen molar-refractivity contribution in [1.29, 1.82) is 0 Å². The van der Waals surface area contributed by atoms with Crippen LogP contribution in [0.2, 0.25) is 0 Å². The van der Waals surface area contributed by atoms with Gasteiger partial charge in [0.2, 0.25) is 0 Å². The van der Waals surface area contributed by atoms with Gasteiger partial charge >= 0.3 is 0 Å². The molecule has 0 heteroatoms. The first-order valence-electron chi connectivity index (χ1n) is 19.8. The first-order chi connectivity index (χ1) is 26.7. The minimum absolute atomic E-state index is 0.0748. The summed E-state index contributed by atoms with van der Waals surface area (Å²) >= 11 is 0. The summed E-state index contributed by atoms with van der Waals surface area (Å²) in [7, 11) is 0. The molecule has 0 radical (unpaired) electrons. The van der Waals surface area contributed by atoms with Crippen molar-refractivity contribution in [2.24, 2.45) is 0 Å². The predicted molar refractivity (Wildman–Crippen MR) is 237 cm³/mol. The van der Waals surface area contributed by atoms with E-state index in [4.69, 9.17) is 0 Å². The highest BCUT2D eigenvalue weighted by molar-refractivity contribution is 6.31. The molecule has 0 saturated carbocycles. The monoisotopic (exact) mass is 700 g/mol. The van der Waals surface area contributed by atoms with Gasteiger partial charge < -0.3 is 0 Å². The van der Waals surface area contributed by atoms with E-state index in [0.717, 1.165) is 0 Å². The quantitative estimate of drug-likeness (QED) is 0.158. The van der Waals surface area contributed by atoms with Crippen LogP contribution in [0.1, 0.15) is 51.3 Å². The third-order valence-corrected chi connectivity index (χ3v) is 13.3. The van der Waals surface area contributed by atoms with Crippen molar-refractivity contribution in [3.8, 4) is 55.6 Å². The van der Waals surface area contributed by atoms with Gasteiger partial charge in [-0.15, -0.1) is 0 Å². The second-order valence-electron chi connectivity index (χ2n) is 17.6. The van der Waals surface area contributed by atoms with Gasteiger partial charge in [0, 0.05) is 5.41 Å². The van der Waals surface area contributed by atoms with E-state index in [1.807, 2.05) is 0 Å². The average Bonchev–Trinajstić information content (AvgIpc) is 3.64. The summed E-state index contributed by atoms with van der Waals surface area (Å²) in [5.74, 6) is 0. The van der Waals surface area contributed by atoms with Gasteiger partial charge in [-0.1, -0.05) is 180 Å². The van der Waals surface area contributed by atoms with Gasteiger partial charge in [0.1, 0.15) is 0 Å². The van der Waals surface area contributed by atoms with Gasteiger partial charge in [-0.2, -0.15) is 0 Å². The van der Waals surface area contributed by atoms with Crippen LogP contribution in [0.4, 0.5) is 0 Å². The maximum Gasteiger partial charge on any atom is 0.0159 e. The normalized spacial score (nSPS) is 14.1. The fourth-order valence-electron chi connectivity index (χ4n) is 10.6. The Balaban J connectivity index is 1.22. The van der Waals surface area contributed by atoms with Crippen LogP contribution in [0.5, 0.6) is 0 Å². The maximum absolute atomic E-state index is 2.52. The number of benzene rings is 10. The Morgan fingerprint density at radius 1 is 0.364 bits per heavy atom. The summed E-state index contributed by atoms with van der Waals surface area (Å²) in [6, 6.07) is 58.3. The van der Waals surface area contributed by atoms with Gasteiger partial charge in [-0.3, -0.25) is 0 Å². The van der Waals surface area contributed by atoms with Crippen molar-refractivity contribution in [3.63, 3.8) is 0 Å². The van der Waals surface area contributed by atoms with Crippen LogP contribution in [0.25, 0.3) is 109 Å². The van der Waals surface area contributed by atoms with Gasteiger partial charge in [0.25, 0.3) is 0 Å². The second kappa shape index (κ2) is 10.5. The number of rotatable bonds is 2. The summed E-state index contributed by atoms with van der Waals surface area (Å²) in [5, 5.41) is 13.2. The highest BCUT2D eigenvalue weighted by Crippen LogP contribution is 2.59. The number of hydrogen-bond donors (Lipinski definition) is 0. The molecule has 0 unspecified atom stereocenters. The Kier molecular flexibility index (Phi) is 5.94. The first kappa shape index (κ1) is 31.1. The second-order valence-corrected chi connectivity index (χ2v) is 17.6. The summed E-state index contributed by atoms with van der Waals surface area (Å²) in [5.41, 5.74) is 17.5. The van der Waals surface area contributed by atoms with E-state index < -0.39 is 0 Å². The molecule has 2 aliphatic carbocycles. The Morgan fingerprint density at radius 3 is 1.67 bits per heavy atom. The lowest BCUT2D eigenvalue weighted by molar-refractivity contribution is 0.591. The smallest absolute Gasteiger partial charge is 0.0159 e. The van der Waals surface area contributed by atoms with Crippen molar-refractivity contribution in [3.05, 3.63) is 168 Å². The Hall–Kier alpha value is -6.24. The van der Waals surface area contributed by atoms with Crippen molar-refractivity contribution < 1.29 is 0 Å². The molecule has 0 amide bonds. The molecule has 0 aromatic heterocycles. The molecule has 0 aliphatic heterocycles. The van der Waals surface area contributed by atoms with Gasteiger partial charge in [0.15, 0.2) is 0 Å². The van der Waals surface area contributed by atoms with Crippen LogP contribution in [-0.2, 0) is 10.8 Å². The van der Waals surface area contributed by atoms with E-state index in [1.165, 1.54) is 126 Å². The molecule has 0 atom stereocenters. The summed E-state index contributed by atoms with van der Waals surface area (Å²) in [6.07, 6.45) is 0. The predicted octanol–water partition coefficient (Wildman–Crippen LogP) is 15.5. The fraction of sp³-hybridized carbons (Fsp3) is 0.127. The van der Waals surface area contributed by atoms with E-state index >= 15 is 0 Å². The molecule has 12 rings (SSSR count). The zero-order chi connectivity index (χ0) is 37.0. The average molecular weight is 701 g/mol. The van der Waals surface area contributed by atoms with E-state index in [2.05, 4.69) is 186 Å². The Bertz CT molecular complexity index is 3280. The van der Waals surface area contributed by atoms with Crippen LogP contribution in [0, 0.1) is 0 Å². The topological polar surface area (TPSA) is 0 Å². The molecule has 0 spiro atoms. The third-order valence-electron chi connectivity index (χ3n) is 13.3. The molecule has 0 nitrogen and oxygen atoms in total.